The van der Waals surface area contributed by atoms with E-state index in [-0.39, 0.29) is 6.10 Å². The number of rotatable bonds is 7. The normalized spacial score (nSPS) is 16.3. The van der Waals surface area contributed by atoms with Gasteiger partial charge in [0, 0.05) is 11.6 Å². The number of para-hydroxylation sites is 1. The molecule has 1 aliphatic carbocycles. The van der Waals surface area contributed by atoms with Crippen molar-refractivity contribution in [2.45, 2.75) is 25.4 Å². The van der Waals surface area contributed by atoms with Crippen LogP contribution >= 0.6 is 8.81 Å². The predicted molar refractivity (Wildman–Crippen MR) is 114 cm³/mol. The Bertz CT molecular complexity index is 913. The minimum atomic E-state index is 0.151. The standard InChI is InChI=1S/C23H24NO2P/c1-16(25-15-27-26-18-7-3-2-4-8-18)13-22-19-9-5-6-10-20(19)23-14-17(24)11-12-21(22)23/h2-12,14,16,22,27H,13,15,24H2,1H3/t16-,22?/m1/s1. The molecule has 1 aliphatic rings. The molecule has 0 aromatic heterocycles. The monoisotopic (exact) mass is 377 g/mol. The number of anilines is 1. The van der Waals surface area contributed by atoms with Gasteiger partial charge in [-0.05, 0) is 59.9 Å². The van der Waals surface area contributed by atoms with Crippen molar-refractivity contribution >= 4 is 14.5 Å². The summed E-state index contributed by atoms with van der Waals surface area (Å²) < 4.78 is 11.8. The molecule has 0 heterocycles. The molecule has 2 unspecified atom stereocenters. The first-order chi connectivity index (χ1) is 13.2. The molecule has 3 nitrogen and oxygen atoms in total. The molecule has 3 atom stereocenters. The lowest BCUT2D eigenvalue weighted by atomic mass is 9.91. The van der Waals surface area contributed by atoms with Crippen LogP contribution in [0.3, 0.4) is 0 Å². The molecule has 0 bridgehead atoms. The van der Waals surface area contributed by atoms with E-state index in [9.17, 15) is 0 Å². The molecule has 0 radical (unpaired) electrons. The van der Waals surface area contributed by atoms with Gasteiger partial charge in [-0.25, -0.2) is 0 Å². The Labute approximate surface area is 162 Å². The molecule has 138 valence electrons. The summed E-state index contributed by atoms with van der Waals surface area (Å²) in [6.07, 6.45) is 1.71. The van der Waals surface area contributed by atoms with Gasteiger partial charge in [-0.15, -0.1) is 0 Å². The zero-order valence-corrected chi connectivity index (χ0v) is 16.4. The molecule has 0 amide bonds. The highest BCUT2D eigenvalue weighted by atomic mass is 31.1. The average molecular weight is 377 g/mol. The first kappa shape index (κ1) is 18.0. The molecule has 4 rings (SSSR count). The maximum absolute atomic E-state index is 6.04. The van der Waals surface area contributed by atoms with Gasteiger partial charge in [0.2, 0.25) is 0 Å². The van der Waals surface area contributed by atoms with E-state index in [4.69, 9.17) is 15.0 Å². The highest BCUT2D eigenvalue weighted by Gasteiger charge is 2.29. The van der Waals surface area contributed by atoms with Crippen LogP contribution in [0, 0.1) is 0 Å². The van der Waals surface area contributed by atoms with Crippen LogP contribution < -0.4 is 10.3 Å². The van der Waals surface area contributed by atoms with Crippen LogP contribution in [0.4, 0.5) is 5.69 Å². The maximum atomic E-state index is 6.04. The van der Waals surface area contributed by atoms with E-state index in [1.54, 1.807) is 0 Å². The van der Waals surface area contributed by atoms with Gasteiger partial charge in [0.1, 0.15) is 5.75 Å². The van der Waals surface area contributed by atoms with Gasteiger partial charge >= 0.3 is 0 Å². The SMILES string of the molecule is C[C@H](CC1c2ccccc2-c2cc(N)ccc21)OCPOc1ccccc1. The number of hydrogen-bond acceptors (Lipinski definition) is 3. The Morgan fingerprint density at radius 1 is 0.926 bits per heavy atom. The first-order valence-electron chi connectivity index (χ1n) is 9.27. The summed E-state index contributed by atoms with van der Waals surface area (Å²) in [4.78, 5) is 0. The fraction of sp³-hybridized carbons (Fsp3) is 0.217. The molecule has 4 heteroatoms. The molecule has 0 fully saturated rings. The van der Waals surface area contributed by atoms with Crippen LogP contribution in [-0.4, -0.2) is 12.5 Å². The Hall–Kier alpha value is -2.35. The predicted octanol–water partition coefficient (Wildman–Crippen LogP) is 5.81. The number of fused-ring (bicyclic) bond motifs is 3. The Morgan fingerprint density at radius 3 is 2.52 bits per heavy atom. The van der Waals surface area contributed by atoms with E-state index in [1.807, 2.05) is 36.4 Å². The number of nitrogens with two attached hydrogens (primary N) is 1. The number of hydrogen-bond donors (Lipinski definition) is 1. The minimum Gasteiger partial charge on any atom is -0.475 e. The van der Waals surface area contributed by atoms with E-state index in [0.717, 1.165) is 17.9 Å². The van der Waals surface area contributed by atoms with Crippen LogP contribution in [0.1, 0.15) is 30.4 Å². The summed E-state index contributed by atoms with van der Waals surface area (Å²) in [5.74, 6) is 1.24. The Morgan fingerprint density at radius 2 is 1.67 bits per heavy atom. The van der Waals surface area contributed by atoms with E-state index in [1.165, 1.54) is 22.3 Å². The summed E-state index contributed by atoms with van der Waals surface area (Å²) in [6.45, 7) is 2.14. The zero-order valence-electron chi connectivity index (χ0n) is 15.4. The van der Waals surface area contributed by atoms with Crippen LogP contribution in [0.5, 0.6) is 5.75 Å². The second-order valence-electron chi connectivity index (χ2n) is 6.90. The maximum Gasteiger partial charge on any atom is 0.123 e. The molecule has 0 saturated heterocycles. The van der Waals surface area contributed by atoms with Crippen molar-refractivity contribution in [2.75, 3.05) is 12.1 Å². The van der Waals surface area contributed by atoms with Crippen molar-refractivity contribution in [3.05, 3.63) is 83.9 Å². The van der Waals surface area contributed by atoms with Crippen molar-refractivity contribution in [3.8, 4) is 16.9 Å². The topological polar surface area (TPSA) is 44.5 Å². The second-order valence-corrected chi connectivity index (χ2v) is 7.68. The van der Waals surface area contributed by atoms with Crippen LogP contribution in [0.15, 0.2) is 72.8 Å². The molecule has 27 heavy (non-hydrogen) atoms. The lowest BCUT2D eigenvalue weighted by molar-refractivity contribution is 0.0914. The number of ether oxygens (including phenoxy) is 1. The van der Waals surface area contributed by atoms with Gasteiger partial charge in [-0.3, -0.25) is 0 Å². The van der Waals surface area contributed by atoms with Gasteiger partial charge in [0.05, 0.1) is 21.3 Å². The lowest BCUT2D eigenvalue weighted by Crippen LogP contribution is -2.13. The fourth-order valence-corrected chi connectivity index (χ4v) is 4.47. The molecular weight excluding hydrogens is 353 g/mol. The fourth-order valence-electron chi connectivity index (χ4n) is 3.76. The summed E-state index contributed by atoms with van der Waals surface area (Å²) in [5, 5.41) is 0. The summed E-state index contributed by atoms with van der Waals surface area (Å²) in [6, 6.07) is 24.8. The van der Waals surface area contributed by atoms with Gasteiger partial charge in [0.25, 0.3) is 0 Å². The largest absolute Gasteiger partial charge is 0.475 e. The smallest absolute Gasteiger partial charge is 0.123 e. The van der Waals surface area contributed by atoms with Crippen molar-refractivity contribution in [1.82, 2.24) is 0 Å². The number of benzene rings is 3. The minimum absolute atomic E-state index is 0.151. The van der Waals surface area contributed by atoms with E-state index in [0.29, 0.717) is 21.1 Å². The average Bonchev–Trinajstić information content (AvgIpc) is 2.99. The molecule has 0 saturated carbocycles. The molecule has 3 aromatic rings. The van der Waals surface area contributed by atoms with E-state index in [2.05, 4.69) is 43.3 Å². The molecule has 3 aromatic carbocycles. The molecule has 0 spiro atoms. The van der Waals surface area contributed by atoms with E-state index >= 15 is 0 Å². The Kier molecular flexibility index (Phi) is 5.42. The van der Waals surface area contributed by atoms with Crippen molar-refractivity contribution in [1.29, 1.82) is 0 Å². The zero-order chi connectivity index (χ0) is 18.6. The van der Waals surface area contributed by atoms with Crippen LogP contribution in [-0.2, 0) is 4.74 Å². The first-order valence-corrected chi connectivity index (χ1v) is 10.4. The second kappa shape index (κ2) is 8.12. The summed E-state index contributed by atoms with van der Waals surface area (Å²) in [5.41, 5.74) is 12.1. The molecule has 2 N–H and O–H groups in total. The molecule has 0 aliphatic heterocycles. The highest BCUT2D eigenvalue weighted by Crippen LogP contribution is 2.47. The van der Waals surface area contributed by atoms with Gasteiger partial charge in [-0.1, -0.05) is 48.5 Å². The Balaban J connectivity index is 1.39. The molecular formula is C23H24NO2P. The third kappa shape index (κ3) is 4.00. The number of nitrogen functional groups attached to an aromatic ring is 1. The van der Waals surface area contributed by atoms with Crippen molar-refractivity contribution in [2.24, 2.45) is 0 Å². The summed E-state index contributed by atoms with van der Waals surface area (Å²) in [7, 11) is 0.302. The summed E-state index contributed by atoms with van der Waals surface area (Å²) >= 11 is 0. The van der Waals surface area contributed by atoms with Gasteiger partial charge in [-0.2, -0.15) is 0 Å². The highest BCUT2D eigenvalue weighted by molar-refractivity contribution is 7.32. The third-order valence-electron chi connectivity index (χ3n) is 5.01. The van der Waals surface area contributed by atoms with Crippen molar-refractivity contribution < 1.29 is 9.26 Å². The van der Waals surface area contributed by atoms with E-state index < -0.39 is 0 Å². The van der Waals surface area contributed by atoms with Crippen LogP contribution in [0.2, 0.25) is 0 Å². The third-order valence-corrected chi connectivity index (χ3v) is 5.67. The lowest BCUT2D eigenvalue weighted by Gasteiger charge is -2.19. The quantitative estimate of drug-likeness (QED) is 0.321. The van der Waals surface area contributed by atoms with Crippen molar-refractivity contribution in [3.63, 3.8) is 0 Å². The van der Waals surface area contributed by atoms with Gasteiger partial charge < -0.3 is 15.0 Å². The van der Waals surface area contributed by atoms with Gasteiger partial charge in [0.15, 0.2) is 0 Å². The van der Waals surface area contributed by atoms with Crippen LogP contribution in [0.25, 0.3) is 11.1 Å².